The molecule has 0 radical (unpaired) electrons. The van der Waals surface area contributed by atoms with Gasteiger partial charge in [0.05, 0.1) is 25.8 Å². The van der Waals surface area contributed by atoms with Crippen molar-refractivity contribution in [2.75, 3.05) is 13.7 Å². The summed E-state index contributed by atoms with van der Waals surface area (Å²) in [5.41, 5.74) is 0. The van der Waals surface area contributed by atoms with Gasteiger partial charge in [-0.3, -0.25) is 4.90 Å². The molecule has 0 bridgehead atoms. The molecule has 1 aliphatic rings. The fourth-order valence-electron chi connectivity index (χ4n) is 2.08. The van der Waals surface area contributed by atoms with Crippen LogP contribution in [-0.4, -0.2) is 45.1 Å². The average molecular weight is 298 g/mol. The molecule has 0 saturated carbocycles. The lowest BCUT2D eigenvalue weighted by Crippen LogP contribution is -2.53. The van der Waals surface area contributed by atoms with E-state index in [0.717, 1.165) is 6.42 Å². The summed E-state index contributed by atoms with van der Waals surface area (Å²) in [4.78, 5) is 13.2. The third kappa shape index (κ3) is 3.74. The summed E-state index contributed by atoms with van der Waals surface area (Å²) < 4.78 is 11.1. The molecule has 6 heteroatoms. The van der Waals surface area contributed by atoms with Gasteiger partial charge in [-0.15, -0.1) is 0 Å². The van der Waals surface area contributed by atoms with E-state index in [2.05, 4.69) is 39.9 Å². The molecular weight excluding hydrogens is 272 g/mol. The van der Waals surface area contributed by atoms with E-state index >= 15 is 0 Å². The zero-order valence-electron chi connectivity index (χ0n) is 13.4. The van der Waals surface area contributed by atoms with E-state index in [1.165, 1.54) is 12.0 Å². The average Bonchev–Trinajstić information content (AvgIpc) is 2.36. The van der Waals surface area contributed by atoms with E-state index in [4.69, 9.17) is 14.4 Å². The number of likely N-dealkylation sites (tertiary alicyclic amines) is 1. The van der Waals surface area contributed by atoms with E-state index in [1.807, 2.05) is 0 Å². The second-order valence-corrected chi connectivity index (χ2v) is 11.6. The first-order valence-electron chi connectivity index (χ1n) is 7.04. The molecule has 0 N–H and O–H groups in total. The highest BCUT2D eigenvalue weighted by Gasteiger charge is 2.41. The van der Waals surface area contributed by atoms with Crippen LogP contribution in [0.1, 0.15) is 33.6 Å². The predicted molar refractivity (Wildman–Crippen MR) is 79.8 cm³/mol. The standard InChI is InChI=1S/C14H26N2O3Si/c1-14(2,3)20(5,6)19-12-8-7-11(9-15)16(10-12)13(17)18-4/h11-12H,7-8,10H2,1-6H3/t11-,12-/m0/s1. The highest BCUT2D eigenvalue weighted by molar-refractivity contribution is 6.74. The Hall–Kier alpha value is -1.06. The molecule has 114 valence electrons. The number of amides is 1. The lowest BCUT2D eigenvalue weighted by molar-refractivity contribution is 0.0484. The molecule has 0 aromatic heterocycles. The molecule has 2 atom stereocenters. The monoisotopic (exact) mass is 298 g/mol. The molecule has 5 nitrogen and oxygen atoms in total. The van der Waals surface area contributed by atoms with Crippen LogP contribution in [0.3, 0.4) is 0 Å². The van der Waals surface area contributed by atoms with E-state index in [1.54, 1.807) is 0 Å². The summed E-state index contributed by atoms with van der Waals surface area (Å²) in [7, 11) is -0.518. The Morgan fingerprint density at radius 2 is 1.95 bits per heavy atom. The first kappa shape index (κ1) is 17.0. The van der Waals surface area contributed by atoms with Crippen molar-refractivity contribution in [2.45, 2.75) is 63.9 Å². The zero-order chi connectivity index (χ0) is 15.6. The number of methoxy groups -OCH3 is 1. The Labute approximate surface area is 123 Å². The molecule has 0 aromatic carbocycles. The van der Waals surface area contributed by atoms with Crippen LogP contribution in [0, 0.1) is 11.3 Å². The van der Waals surface area contributed by atoms with Crippen molar-refractivity contribution in [1.82, 2.24) is 4.90 Å². The Balaban J connectivity index is 2.76. The topological polar surface area (TPSA) is 62.6 Å². The van der Waals surface area contributed by atoms with Crippen LogP contribution in [0.25, 0.3) is 0 Å². The molecule has 0 aliphatic carbocycles. The maximum absolute atomic E-state index is 11.8. The summed E-state index contributed by atoms with van der Waals surface area (Å²) in [5, 5.41) is 9.26. The van der Waals surface area contributed by atoms with Crippen molar-refractivity contribution in [3.05, 3.63) is 0 Å². The number of nitrogens with zero attached hydrogens (tertiary/aromatic N) is 2. The summed E-state index contributed by atoms with van der Waals surface area (Å²) in [5.74, 6) is 0. The van der Waals surface area contributed by atoms with Crippen molar-refractivity contribution in [2.24, 2.45) is 0 Å². The van der Waals surface area contributed by atoms with Crippen LogP contribution in [0.15, 0.2) is 0 Å². The summed E-state index contributed by atoms with van der Waals surface area (Å²) in [6.07, 6.45) is 1.02. The third-order valence-corrected chi connectivity index (χ3v) is 8.90. The van der Waals surface area contributed by atoms with Gasteiger partial charge in [0.1, 0.15) is 6.04 Å². The summed E-state index contributed by atoms with van der Waals surface area (Å²) in [6.45, 7) is 11.4. The molecule has 1 rings (SSSR count). The third-order valence-electron chi connectivity index (χ3n) is 4.36. The smallest absolute Gasteiger partial charge is 0.410 e. The van der Waals surface area contributed by atoms with Crippen molar-refractivity contribution < 1.29 is 14.0 Å². The van der Waals surface area contributed by atoms with Gasteiger partial charge in [0.15, 0.2) is 8.32 Å². The van der Waals surface area contributed by atoms with Gasteiger partial charge in [0.25, 0.3) is 0 Å². The van der Waals surface area contributed by atoms with Crippen LogP contribution in [-0.2, 0) is 9.16 Å². The SMILES string of the molecule is COC(=O)N1C[C@@H](O[Si](C)(C)C(C)(C)C)CC[C@H]1C#N. The van der Waals surface area contributed by atoms with E-state index in [-0.39, 0.29) is 11.1 Å². The minimum Gasteiger partial charge on any atom is -0.453 e. The van der Waals surface area contributed by atoms with Crippen LogP contribution in [0.5, 0.6) is 0 Å². The predicted octanol–water partition coefficient (Wildman–Crippen LogP) is 3.13. The normalized spacial score (nSPS) is 24.1. The van der Waals surface area contributed by atoms with Gasteiger partial charge < -0.3 is 9.16 Å². The van der Waals surface area contributed by atoms with E-state index in [0.29, 0.717) is 13.0 Å². The minimum absolute atomic E-state index is 0.000378. The highest BCUT2D eigenvalue weighted by Crippen LogP contribution is 2.38. The van der Waals surface area contributed by atoms with Gasteiger partial charge in [-0.05, 0) is 31.0 Å². The number of hydrogen-bond donors (Lipinski definition) is 0. The maximum Gasteiger partial charge on any atom is 0.410 e. The van der Waals surface area contributed by atoms with Crippen LogP contribution < -0.4 is 0 Å². The van der Waals surface area contributed by atoms with Gasteiger partial charge >= 0.3 is 6.09 Å². The number of carbonyl (C=O) groups excluding carboxylic acids is 1. The second-order valence-electron chi connectivity index (χ2n) is 6.84. The minimum atomic E-state index is -1.86. The number of hydrogen-bond acceptors (Lipinski definition) is 4. The van der Waals surface area contributed by atoms with Crippen molar-refractivity contribution >= 4 is 14.4 Å². The number of piperidine rings is 1. The van der Waals surface area contributed by atoms with Crippen LogP contribution in [0.2, 0.25) is 18.1 Å². The number of nitriles is 1. The zero-order valence-corrected chi connectivity index (χ0v) is 14.4. The number of rotatable bonds is 2. The van der Waals surface area contributed by atoms with E-state index in [9.17, 15) is 4.79 Å². The maximum atomic E-state index is 11.8. The molecule has 1 aliphatic heterocycles. The summed E-state index contributed by atoms with van der Waals surface area (Å²) >= 11 is 0. The Bertz CT molecular complexity index is 398. The summed E-state index contributed by atoms with van der Waals surface area (Å²) in [6, 6.07) is 1.76. The van der Waals surface area contributed by atoms with Gasteiger partial charge in [-0.25, -0.2) is 4.79 Å². The van der Waals surface area contributed by atoms with Crippen molar-refractivity contribution in [1.29, 1.82) is 5.26 Å². The molecule has 1 heterocycles. The van der Waals surface area contributed by atoms with E-state index < -0.39 is 20.5 Å². The van der Waals surface area contributed by atoms with Gasteiger partial charge in [0, 0.05) is 0 Å². The molecule has 0 spiro atoms. The van der Waals surface area contributed by atoms with Crippen molar-refractivity contribution in [3.63, 3.8) is 0 Å². The molecule has 1 saturated heterocycles. The van der Waals surface area contributed by atoms with Crippen LogP contribution in [0.4, 0.5) is 4.79 Å². The quantitative estimate of drug-likeness (QED) is 0.735. The van der Waals surface area contributed by atoms with Gasteiger partial charge in [-0.2, -0.15) is 5.26 Å². The lowest BCUT2D eigenvalue weighted by Gasteiger charge is -2.43. The Kier molecular flexibility index (Phi) is 5.22. The molecule has 1 fully saturated rings. The van der Waals surface area contributed by atoms with Crippen molar-refractivity contribution in [3.8, 4) is 6.07 Å². The first-order chi connectivity index (χ1) is 9.12. The fourth-order valence-corrected chi connectivity index (χ4v) is 3.46. The number of ether oxygens (including phenoxy) is 1. The Morgan fingerprint density at radius 1 is 1.35 bits per heavy atom. The second kappa shape index (κ2) is 6.14. The van der Waals surface area contributed by atoms with Gasteiger partial charge in [-0.1, -0.05) is 20.8 Å². The molecule has 1 amide bonds. The molecular formula is C14H26N2O3Si. The lowest BCUT2D eigenvalue weighted by atomic mass is 10.0. The fraction of sp³-hybridized carbons (Fsp3) is 0.857. The van der Waals surface area contributed by atoms with Gasteiger partial charge in [0.2, 0.25) is 0 Å². The molecule has 0 unspecified atom stereocenters. The molecule has 20 heavy (non-hydrogen) atoms. The highest BCUT2D eigenvalue weighted by atomic mass is 28.4. The Morgan fingerprint density at radius 3 is 2.40 bits per heavy atom. The largest absolute Gasteiger partial charge is 0.453 e. The first-order valence-corrected chi connectivity index (χ1v) is 9.95. The molecule has 0 aromatic rings. The number of carbonyl (C=O) groups is 1. The van der Waals surface area contributed by atoms with Crippen LogP contribution >= 0.6 is 0 Å².